The van der Waals surface area contributed by atoms with Crippen LogP contribution in [0.5, 0.6) is 0 Å². The highest BCUT2D eigenvalue weighted by molar-refractivity contribution is 7.11. The van der Waals surface area contributed by atoms with Gasteiger partial charge in [-0.3, -0.25) is 4.79 Å². The predicted octanol–water partition coefficient (Wildman–Crippen LogP) is 5.75. The third-order valence-corrected chi connectivity index (χ3v) is 7.02. The molecule has 6 aromatic rings. The van der Waals surface area contributed by atoms with Crippen LogP contribution >= 0.6 is 11.3 Å². The lowest BCUT2D eigenvalue weighted by Crippen LogP contribution is -2.16. The van der Waals surface area contributed by atoms with E-state index in [9.17, 15) is 9.59 Å². The molecule has 0 atom stereocenters. The first-order valence-corrected chi connectivity index (χ1v) is 12.7. The molecule has 7 nitrogen and oxygen atoms in total. The van der Waals surface area contributed by atoms with Gasteiger partial charge < -0.3 is 4.42 Å². The number of hydrogen-bond acceptors (Lipinski definition) is 7. The van der Waals surface area contributed by atoms with Crippen LogP contribution in [0.15, 0.2) is 123 Å². The summed E-state index contributed by atoms with van der Waals surface area (Å²) in [6, 6.07) is 32.0. The molecule has 0 fully saturated rings. The van der Waals surface area contributed by atoms with Crippen molar-refractivity contribution in [2.75, 3.05) is 0 Å². The molecule has 0 bridgehead atoms. The molecule has 2 aromatic heterocycles. The van der Waals surface area contributed by atoms with Gasteiger partial charge in [-0.25, -0.2) is 9.48 Å². The number of benzene rings is 4. The van der Waals surface area contributed by atoms with E-state index in [1.165, 1.54) is 0 Å². The van der Waals surface area contributed by atoms with Crippen LogP contribution in [0.2, 0.25) is 0 Å². The van der Waals surface area contributed by atoms with E-state index in [-0.39, 0.29) is 10.6 Å². The van der Waals surface area contributed by atoms with Crippen LogP contribution in [0.3, 0.4) is 0 Å². The minimum Gasteiger partial charge on any atom is -0.422 e. The van der Waals surface area contributed by atoms with Crippen molar-refractivity contribution >= 4 is 44.6 Å². The fourth-order valence-corrected chi connectivity index (χ4v) is 4.99. The van der Waals surface area contributed by atoms with Gasteiger partial charge in [0.2, 0.25) is 10.6 Å². The second-order valence-electron chi connectivity index (χ2n) is 8.56. The molecule has 38 heavy (non-hydrogen) atoms. The Kier molecular flexibility index (Phi) is 6.07. The Morgan fingerprint density at radius 1 is 0.868 bits per heavy atom. The molecule has 0 saturated carbocycles. The quantitative estimate of drug-likeness (QED) is 0.0959. The largest absolute Gasteiger partial charge is 0.422 e. The maximum Gasteiger partial charge on any atom is 0.347 e. The summed E-state index contributed by atoms with van der Waals surface area (Å²) in [5.41, 5.74) is 1.99. The first kappa shape index (κ1) is 23.4. The second-order valence-corrected chi connectivity index (χ2v) is 9.52. The van der Waals surface area contributed by atoms with Gasteiger partial charge in [0.05, 0.1) is 11.4 Å². The van der Waals surface area contributed by atoms with Crippen LogP contribution in [-0.4, -0.2) is 21.3 Å². The fourth-order valence-electron chi connectivity index (χ4n) is 4.18. The molecule has 0 unspecified atom stereocenters. The lowest BCUT2D eigenvalue weighted by molar-refractivity contribution is 0.103. The number of fused-ring (bicyclic) bond motifs is 3. The van der Waals surface area contributed by atoms with E-state index in [1.54, 1.807) is 16.8 Å². The van der Waals surface area contributed by atoms with Gasteiger partial charge in [0.15, 0.2) is 5.01 Å². The van der Waals surface area contributed by atoms with Gasteiger partial charge in [0.1, 0.15) is 11.1 Å². The summed E-state index contributed by atoms with van der Waals surface area (Å²) < 4.78 is 7.09. The zero-order valence-corrected chi connectivity index (χ0v) is 21.1. The van der Waals surface area contributed by atoms with E-state index in [4.69, 9.17) is 4.42 Å². The highest BCUT2D eigenvalue weighted by Crippen LogP contribution is 2.25. The van der Waals surface area contributed by atoms with Crippen molar-refractivity contribution in [2.45, 2.75) is 6.92 Å². The molecule has 2 heterocycles. The molecule has 0 spiro atoms. The first-order valence-electron chi connectivity index (χ1n) is 11.9. The molecule has 0 radical (unpaired) electrons. The monoisotopic (exact) mass is 516 g/mol. The topological polar surface area (TPSA) is 89.8 Å². The minimum absolute atomic E-state index is 0.0849. The number of nitrogens with zero attached hydrogens (tertiary/aromatic N) is 4. The Labute approximate surface area is 220 Å². The molecule has 8 heteroatoms. The number of aromatic nitrogens is 2. The lowest BCUT2D eigenvalue weighted by Gasteiger charge is -2.04. The van der Waals surface area contributed by atoms with E-state index in [2.05, 4.69) is 15.3 Å². The summed E-state index contributed by atoms with van der Waals surface area (Å²) in [5, 5.41) is 16.0. The van der Waals surface area contributed by atoms with Crippen molar-refractivity contribution in [3.63, 3.8) is 0 Å². The van der Waals surface area contributed by atoms with E-state index in [0.717, 1.165) is 27.7 Å². The van der Waals surface area contributed by atoms with Gasteiger partial charge in [0, 0.05) is 5.39 Å². The van der Waals surface area contributed by atoms with Crippen LogP contribution in [0, 0.1) is 0 Å². The van der Waals surface area contributed by atoms with Gasteiger partial charge in [0.25, 0.3) is 0 Å². The lowest BCUT2D eigenvalue weighted by atomic mass is 10.0. The minimum atomic E-state index is -0.712. The van der Waals surface area contributed by atoms with Crippen LogP contribution in [0.1, 0.15) is 27.9 Å². The highest BCUT2D eigenvalue weighted by atomic mass is 32.1. The van der Waals surface area contributed by atoms with E-state index in [0.29, 0.717) is 27.2 Å². The number of carbonyl (C=O) groups excluding carboxylic acids is 1. The average molecular weight is 517 g/mol. The second kappa shape index (κ2) is 9.84. The summed E-state index contributed by atoms with van der Waals surface area (Å²) in [6.45, 7) is 1.86. The Bertz CT molecular complexity index is 1970. The van der Waals surface area contributed by atoms with E-state index in [1.807, 2.05) is 97.9 Å². The first-order chi connectivity index (χ1) is 18.6. The number of para-hydroxylation sites is 1. The number of carbonyl (C=O) groups is 1. The van der Waals surface area contributed by atoms with Crippen molar-refractivity contribution in [1.82, 2.24) is 9.78 Å². The molecule has 6 rings (SSSR count). The van der Waals surface area contributed by atoms with Gasteiger partial charge in [-0.2, -0.15) is 10.2 Å². The smallest absolute Gasteiger partial charge is 0.347 e. The summed E-state index contributed by atoms with van der Waals surface area (Å²) in [7, 11) is 0. The van der Waals surface area contributed by atoms with Crippen molar-refractivity contribution in [1.29, 1.82) is 0 Å². The van der Waals surface area contributed by atoms with Crippen LogP contribution < -0.4 is 10.4 Å². The van der Waals surface area contributed by atoms with Crippen molar-refractivity contribution in [3.8, 4) is 5.69 Å². The molecule has 4 aromatic carbocycles. The Morgan fingerprint density at radius 2 is 1.58 bits per heavy atom. The van der Waals surface area contributed by atoms with Crippen LogP contribution in [-0.2, 0) is 0 Å². The van der Waals surface area contributed by atoms with Gasteiger partial charge in [-0.05, 0) is 47.5 Å². The maximum absolute atomic E-state index is 13.6. The van der Waals surface area contributed by atoms with Crippen molar-refractivity contribution in [3.05, 3.63) is 134 Å². The predicted molar refractivity (Wildman–Crippen MR) is 149 cm³/mol. The molecule has 0 aliphatic heterocycles. The standard InChI is InChI=1S/C30H20N4O3S/c1-19(20-10-4-2-5-11-20)31-32-30-34(22-13-6-3-7-14-22)33-28(38-30)27(35)25-18-24-23-15-9-8-12-21(23)16-17-26(24)37-29(25)36/h2-18H,1H3/b31-19+,32-30-. The third-order valence-electron chi connectivity index (χ3n) is 6.12. The number of ketones is 1. The normalized spacial score (nSPS) is 12.3. The molecule has 0 amide bonds. The van der Waals surface area contributed by atoms with Gasteiger partial charge >= 0.3 is 5.63 Å². The Morgan fingerprint density at radius 3 is 2.37 bits per heavy atom. The van der Waals surface area contributed by atoms with Crippen molar-refractivity contribution in [2.24, 2.45) is 10.2 Å². The Balaban J connectivity index is 1.49. The van der Waals surface area contributed by atoms with E-state index < -0.39 is 11.4 Å². The third kappa shape index (κ3) is 4.38. The molecule has 0 aliphatic carbocycles. The summed E-state index contributed by atoms with van der Waals surface area (Å²) in [6.07, 6.45) is 0. The SMILES string of the molecule is C/C(=N\N=c1/sc(C(=O)c2cc3c(ccc4ccccc43)oc2=O)nn1-c1ccccc1)c1ccccc1. The maximum atomic E-state index is 13.6. The van der Waals surface area contributed by atoms with Crippen LogP contribution in [0.4, 0.5) is 0 Å². The van der Waals surface area contributed by atoms with Crippen LogP contribution in [0.25, 0.3) is 27.4 Å². The summed E-state index contributed by atoms with van der Waals surface area (Å²) >= 11 is 1.06. The van der Waals surface area contributed by atoms with E-state index >= 15 is 0 Å². The molecule has 0 saturated heterocycles. The average Bonchev–Trinajstić information content (AvgIpc) is 3.40. The summed E-state index contributed by atoms with van der Waals surface area (Å²) in [5.74, 6) is -0.534. The Hall–Kier alpha value is -4.95. The fraction of sp³-hybridized carbons (Fsp3) is 0.0333. The molecule has 184 valence electrons. The molecular formula is C30H20N4O3S. The van der Waals surface area contributed by atoms with Crippen molar-refractivity contribution < 1.29 is 9.21 Å². The molecule has 0 N–H and O–H groups in total. The number of hydrogen-bond donors (Lipinski definition) is 0. The summed E-state index contributed by atoms with van der Waals surface area (Å²) in [4.78, 5) is 26.8. The molecule has 0 aliphatic rings. The number of rotatable bonds is 5. The van der Waals surface area contributed by atoms with Gasteiger partial charge in [-0.15, -0.1) is 5.10 Å². The highest BCUT2D eigenvalue weighted by Gasteiger charge is 2.21. The van der Waals surface area contributed by atoms with Gasteiger partial charge in [-0.1, -0.05) is 90.2 Å². The zero-order chi connectivity index (χ0) is 26.1. The molecular weight excluding hydrogens is 496 g/mol. The zero-order valence-electron chi connectivity index (χ0n) is 20.2.